The van der Waals surface area contributed by atoms with Gasteiger partial charge in [0.05, 0.1) is 6.10 Å². The average molecular weight is 241 g/mol. The zero-order chi connectivity index (χ0) is 9.26. The van der Waals surface area contributed by atoms with Gasteiger partial charge < -0.3 is 4.74 Å². The number of ether oxygens (including phenoxy) is 1. The Kier molecular flexibility index (Phi) is 2.58. The molecule has 0 saturated heterocycles. The molecule has 0 amide bonds. The molecule has 1 aromatic rings. The van der Waals surface area contributed by atoms with Gasteiger partial charge in [-0.1, -0.05) is 22.9 Å². The van der Waals surface area contributed by atoms with Crippen molar-refractivity contribution in [2.75, 3.05) is 0 Å². The zero-order valence-electron chi connectivity index (χ0n) is 7.72. The fraction of sp³-hybridized carbons (Fsp3) is 0.455. The van der Waals surface area contributed by atoms with E-state index in [4.69, 9.17) is 4.74 Å². The minimum Gasteiger partial charge on any atom is -0.490 e. The van der Waals surface area contributed by atoms with Crippen LogP contribution >= 0.6 is 15.9 Å². The molecule has 1 aliphatic carbocycles. The van der Waals surface area contributed by atoms with Crippen LogP contribution in [0.5, 0.6) is 5.75 Å². The highest BCUT2D eigenvalue weighted by atomic mass is 79.9. The Hall–Kier alpha value is -0.500. The van der Waals surface area contributed by atoms with Crippen molar-refractivity contribution in [1.29, 1.82) is 0 Å². The van der Waals surface area contributed by atoms with Crippen LogP contribution in [0.3, 0.4) is 0 Å². The first-order valence-electron chi connectivity index (χ1n) is 4.74. The summed E-state index contributed by atoms with van der Waals surface area (Å²) >= 11 is 3.46. The zero-order valence-corrected chi connectivity index (χ0v) is 9.30. The van der Waals surface area contributed by atoms with Crippen LogP contribution in [-0.2, 0) is 6.42 Å². The van der Waals surface area contributed by atoms with E-state index in [1.54, 1.807) is 0 Å². The van der Waals surface area contributed by atoms with Crippen molar-refractivity contribution in [3.63, 3.8) is 0 Å². The number of aryl methyl sites for hydroxylation is 1. The maximum absolute atomic E-state index is 5.78. The molecule has 70 valence electrons. The Labute approximate surface area is 87.2 Å². The summed E-state index contributed by atoms with van der Waals surface area (Å²) in [4.78, 5) is 0. The molecule has 1 aliphatic rings. The van der Waals surface area contributed by atoms with Crippen LogP contribution in [0, 0.1) is 0 Å². The summed E-state index contributed by atoms with van der Waals surface area (Å²) in [6.07, 6.45) is 3.96. The second kappa shape index (κ2) is 3.70. The summed E-state index contributed by atoms with van der Waals surface area (Å²) in [5.41, 5.74) is 1.29. The summed E-state index contributed by atoms with van der Waals surface area (Å²) in [6.45, 7) is 2.15. The molecule has 0 bridgehead atoms. The largest absolute Gasteiger partial charge is 0.490 e. The third kappa shape index (κ3) is 2.25. The van der Waals surface area contributed by atoms with Gasteiger partial charge in [0.2, 0.25) is 0 Å². The van der Waals surface area contributed by atoms with Crippen molar-refractivity contribution in [2.24, 2.45) is 0 Å². The van der Waals surface area contributed by atoms with E-state index in [2.05, 4.69) is 35.0 Å². The molecule has 0 aliphatic heterocycles. The second-order valence-corrected chi connectivity index (χ2v) is 4.34. The Morgan fingerprint density at radius 3 is 2.85 bits per heavy atom. The van der Waals surface area contributed by atoms with E-state index in [9.17, 15) is 0 Å². The smallest absolute Gasteiger partial charge is 0.122 e. The molecule has 0 atom stereocenters. The standard InChI is InChI=1S/C11H13BrO/c1-2-8-7-9(12)3-6-11(8)13-10-4-5-10/h3,6-7,10H,2,4-5H2,1H3. The van der Waals surface area contributed by atoms with Crippen molar-refractivity contribution >= 4 is 15.9 Å². The summed E-state index contributed by atoms with van der Waals surface area (Å²) in [5.74, 6) is 1.06. The van der Waals surface area contributed by atoms with Gasteiger partial charge in [-0.2, -0.15) is 0 Å². The Bertz CT molecular complexity index is 305. The molecule has 1 saturated carbocycles. The van der Waals surface area contributed by atoms with Crippen LogP contribution < -0.4 is 4.74 Å². The Morgan fingerprint density at radius 2 is 2.23 bits per heavy atom. The summed E-state index contributed by atoms with van der Waals surface area (Å²) < 4.78 is 6.91. The quantitative estimate of drug-likeness (QED) is 0.786. The van der Waals surface area contributed by atoms with Crippen molar-refractivity contribution in [2.45, 2.75) is 32.3 Å². The van der Waals surface area contributed by atoms with Gasteiger partial charge in [-0.05, 0) is 43.0 Å². The normalized spacial score (nSPS) is 15.8. The minimum atomic E-state index is 0.492. The fourth-order valence-electron chi connectivity index (χ4n) is 1.30. The topological polar surface area (TPSA) is 9.23 Å². The van der Waals surface area contributed by atoms with Gasteiger partial charge in [-0.25, -0.2) is 0 Å². The van der Waals surface area contributed by atoms with Crippen molar-refractivity contribution < 1.29 is 4.74 Å². The third-order valence-corrected chi connectivity index (χ3v) is 2.71. The first kappa shape index (κ1) is 9.07. The van der Waals surface area contributed by atoms with Gasteiger partial charge in [-0.3, -0.25) is 0 Å². The molecular weight excluding hydrogens is 228 g/mol. The molecule has 0 spiro atoms. The predicted molar refractivity (Wildman–Crippen MR) is 57.2 cm³/mol. The maximum atomic E-state index is 5.78. The van der Waals surface area contributed by atoms with E-state index in [0.29, 0.717) is 6.10 Å². The van der Waals surface area contributed by atoms with E-state index >= 15 is 0 Å². The molecular formula is C11H13BrO. The number of hydrogen-bond donors (Lipinski definition) is 0. The number of benzene rings is 1. The number of halogens is 1. The first-order chi connectivity index (χ1) is 6.29. The molecule has 1 aromatic carbocycles. The molecule has 1 fully saturated rings. The summed E-state index contributed by atoms with van der Waals surface area (Å²) in [6, 6.07) is 6.23. The van der Waals surface area contributed by atoms with Gasteiger partial charge in [0.1, 0.15) is 5.75 Å². The van der Waals surface area contributed by atoms with Crippen molar-refractivity contribution in [3.05, 3.63) is 28.2 Å². The highest BCUT2D eigenvalue weighted by Crippen LogP contribution is 2.30. The lowest BCUT2D eigenvalue weighted by molar-refractivity contribution is 0.300. The second-order valence-electron chi connectivity index (χ2n) is 3.42. The minimum absolute atomic E-state index is 0.492. The molecule has 0 N–H and O–H groups in total. The van der Waals surface area contributed by atoms with E-state index in [1.165, 1.54) is 18.4 Å². The Morgan fingerprint density at radius 1 is 1.46 bits per heavy atom. The van der Waals surface area contributed by atoms with E-state index in [-0.39, 0.29) is 0 Å². The van der Waals surface area contributed by atoms with Crippen molar-refractivity contribution in [1.82, 2.24) is 0 Å². The molecule has 0 aromatic heterocycles. The van der Waals surface area contributed by atoms with Gasteiger partial charge in [0, 0.05) is 4.47 Å². The maximum Gasteiger partial charge on any atom is 0.122 e. The molecule has 0 radical (unpaired) electrons. The van der Waals surface area contributed by atoms with Crippen LogP contribution in [0.4, 0.5) is 0 Å². The summed E-state index contributed by atoms with van der Waals surface area (Å²) in [7, 11) is 0. The lowest BCUT2D eigenvalue weighted by Crippen LogP contribution is -1.98. The third-order valence-electron chi connectivity index (χ3n) is 2.22. The van der Waals surface area contributed by atoms with Crippen LogP contribution in [0.25, 0.3) is 0 Å². The van der Waals surface area contributed by atoms with Crippen LogP contribution in [0.15, 0.2) is 22.7 Å². The predicted octanol–water partition coefficient (Wildman–Crippen LogP) is 3.55. The lowest BCUT2D eigenvalue weighted by atomic mass is 10.1. The van der Waals surface area contributed by atoms with Crippen LogP contribution in [0.1, 0.15) is 25.3 Å². The van der Waals surface area contributed by atoms with E-state index < -0.39 is 0 Å². The average Bonchev–Trinajstić information content (AvgIpc) is 2.92. The summed E-state index contributed by atoms with van der Waals surface area (Å²) in [5, 5.41) is 0. The number of hydrogen-bond acceptors (Lipinski definition) is 1. The molecule has 0 unspecified atom stereocenters. The highest BCUT2D eigenvalue weighted by molar-refractivity contribution is 9.10. The van der Waals surface area contributed by atoms with Gasteiger partial charge in [-0.15, -0.1) is 0 Å². The highest BCUT2D eigenvalue weighted by Gasteiger charge is 2.24. The SMILES string of the molecule is CCc1cc(Br)ccc1OC1CC1. The first-order valence-corrected chi connectivity index (χ1v) is 5.54. The molecule has 2 heteroatoms. The van der Waals surface area contributed by atoms with Crippen LogP contribution in [0.2, 0.25) is 0 Å². The Balaban J connectivity index is 2.21. The van der Waals surface area contributed by atoms with Gasteiger partial charge in [0.25, 0.3) is 0 Å². The monoisotopic (exact) mass is 240 g/mol. The van der Waals surface area contributed by atoms with E-state index in [0.717, 1.165) is 16.6 Å². The lowest BCUT2D eigenvalue weighted by Gasteiger charge is -2.09. The molecule has 2 rings (SSSR count). The van der Waals surface area contributed by atoms with E-state index in [1.807, 2.05) is 6.07 Å². The molecule has 1 nitrogen and oxygen atoms in total. The molecule has 13 heavy (non-hydrogen) atoms. The van der Waals surface area contributed by atoms with Gasteiger partial charge in [0.15, 0.2) is 0 Å². The van der Waals surface area contributed by atoms with Crippen LogP contribution in [-0.4, -0.2) is 6.10 Å². The van der Waals surface area contributed by atoms with Crippen molar-refractivity contribution in [3.8, 4) is 5.75 Å². The van der Waals surface area contributed by atoms with Gasteiger partial charge >= 0.3 is 0 Å². The fourth-order valence-corrected chi connectivity index (χ4v) is 1.71. The number of rotatable bonds is 3. The molecule has 0 heterocycles.